The lowest BCUT2D eigenvalue weighted by Gasteiger charge is -2.31. The first-order valence-electron chi connectivity index (χ1n) is 21.8. The molecule has 298 valence electrons. The number of aromatic nitrogens is 1. The fourth-order valence-corrected chi connectivity index (χ4v) is 12.7. The van der Waals surface area contributed by atoms with Crippen LogP contribution in [0.2, 0.25) is 0 Å². The Labute approximate surface area is 372 Å². The average molecular weight is 842 g/mol. The van der Waals surface area contributed by atoms with Gasteiger partial charge in [0.15, 0.2) is 5.84 Å². The van der Waals surface area contributed by atoms with Gasteiger partial charge in [0.2, 0.25) is 0 Å². The molecule has 3 nitrogen and oxygen atoms in total. The number of benzene rings is 9. The first-order valence-corrected chi connectivity index (χ1v) is 23.4. The Hall–Kier alpha value is -7.18. The van der Waals surface area contributed by atoms with Gasteiger partial charge >= 0.3 is 0 Å². The number of para-hydroxylation sites is 1. The minimum Gasteiger partial charge on any atom is -0.308 e. The van der Waals surface area contributed by atoms with Crippen molar-refractivity contribution in [2.24, 2.45) is 15.9 Å². The maximum absolute atomic E-state index is 5.80. The summed E-state index contributed by atoms with van der Waals surface area (Å²) in [4.78, 5) is 11.5. The van der Waals surface area contributed by atoms with E-state index in [0.29, 0.717) is 0 Å². The number of fused-ring (bicyclic) bond motifs is 10. The highest BCUT2D eigenvalue weighted by Crippen LogP contribution is 2.46. The summed E-state index contributed by atoms with van der Waals surface area (Å²) in [6.45, 7) is 2.31. The summed E-state index contributed by atoms with van der Waals surface area (Å²) >= 11 is 3.73. The quantitative estimate of drug-likeness (QED) is 0.160. The van der Waals surface area contributed by atoms with Crippen molar-refractivity contribution < 1.29 is 0 Å². The van der Waals surface area contributed by atoms with Crippen molar-refractivity contribution in [3.8, 4) is 16.8 Å². The Balaban J connectivity index is 1.09. The molecule has 2 unspecified atom stereocenters. The zero-order valence-corrected chi connectivity index (χ0v) is 36.1. The SMILES string of the molecule is CCC1C(c2ccc(-n3c4ccccc4c4cc5ccccc5cc43)c3sc4ccccc4c23)=NC(c2cccc3sc4ccccc4c23)=NC1c1cccc(-c2ccccc2)c1. The second-order valence-corrected chi connectivity index (χ2v) is 18.8. The van der Waals surface area contributed by atoms with Crippen molar-refractivity contribution in [3.05, 3.63) is 211 Å². The van der Waals surface area contributed by atoms with Crippen LogP contribution in [0, 0.1) is 5.92 Å². The molecule has 2 atom stereocenters. The first-order chi connectivity index (χ1) is 31.2. The topological polar surface area (TPSA) is 29.6 Å². The maximum Gasteiger partial charge on any atom is 0.156 e. The van der Waals surface area contributed by atoms with Crippen LogP contribution in [0.4, 0.5) is 0 Å². The average Bonchev–Trinajstić information content (AvgIpc) is 4.03. The fraction of sp³-hybridized carbons (Fsp3) is 0.0690. The van der Waals surface area contributed by atoms with Crippen LogP contribution in [0.5, 0.6) is 0 Å². The lowest BCUT2D eigenvalue weighted by Crippen LogP contribution is -2.28. The van der Waals surface area contributed by atoms with Gasteiger partial charge in [0.1, 0.15) is 0 Å². The predicted octanol–water partition coefficient (Wildman–Crippen LogP) is 16.4. The van der Waals surface area contributed by atoms with Crippen molar-refractivity contribution in [1.29, 1.82) is 0 Å². The highest BCUT2D eigenvalue weighted by atomic mass is 32.1. The molecule has 3 aromatic heterocycles. The van der Waals surface area contributed by atoms with Gasteiger partial charge < -0.3 is 4.57 Å². The third-order valence-electron chi connectivity index (χ3n) is 13.2. The molecule has 0 fully saturated rings. The van der Waals surface area contributed by atoms with Crippen LogP contribution in [0.1, 0.15) is 36.1 Å². The molecule has 9 aromatic carbocycles. The van der Waals surface area contributed by atoms with E-state index in [4.69, 9.17) is 9.98 Å². The van der Waals surface area contributed by atoms with Crippen LogP contribution < -0.4 is 0 Å². The van der Waals surface area contributed by atoms with E-state index in [1.54, 1.807) is 0 Å². The summed E-state index contributed by atoms with van der Waals surface area (Å²) < 4.78 is 7.57. The highest BCUT2D eigenvalue weighted by Gasteiger charge is 2.34. The third-order valence-corrected chi connectivity index (χ3v) is 15.5. The maximum atomic E-state index is 5.80. The molecule has 0 spiro atoms. The fourth-order valence-electron chi connectivity index (χ4n) is 10.3. The van der Waals surface area contributed by atoms with Crippen LogP contribution in [0.15, 0.2) is 204 Å². The van der Waals surface area contributed by atoms with Crippen LogP contribution in [-0.2, 0) is 0 Å². The van der Waals surface area contributed by atoms with E-state index >= 15 is 0 Å². The zero-order valence-electron chi connectivity index (χ0n) is 34.5. The standard InChI is InChI=1S/C58H39N3S2/c1-2-40-55(39-21-14-20-36(32-39)35-16-4-3-5-17-35)59-58(45-25-15-29-52-53(45)42-23-9-12-27-50(42)62-52)60-56(40)44-30-31-48(57-54(44)43-24-10-13-28-51(43)63-57)61-47-26-11-8-22-41(47)46-33-37-18-6-7-19-38(37)34-49(46)61/h3-34,40,55H,2H2,1H3. The summed E-state index contributed by atoms with van der Waals surface area (Å²) in [6, 6.07) is 71.0. The molecule has 1 aliphatic heterocycles. The summed E-state index contributed by atoms with van der Waals surface area (Å²) in [5.41, 5.74) is 10.6. The minimum absolute atomic E-state index is 0.0329. The molecule has 0 aliphatic carbocycles. The molecule has 0 bridgehead atoms. The van der Waals surface area contributed by atoms with Gasteiger partial charge in [0, 0.05) is 63.5 Å². The Morgan fingerprint density at radius 2 is 1.16 bits per heavy atom. The summed E-state index contributed by atoms with van der Waals surface area (Å²) in [7, 11) is 0. The summed E-state index contributed by atoms with van der Waals surface area (Å²) in [5, 5.41) is 10.0. The molecule has 1 aliphatic rings. The molecule has 12 aromatic rings. The van der Waals surface area contributed by atoms with Gasteiger partial charge in [0.05, 0.1) is 33.2 Å². The Morgan fingerprint density at radius 3 is 1.98 bits per heavy atom. The second-order valence-electron chi connectivity index (χ2n) is 16.7. The monoisotopic (exact) mass is 841 g/mol. The van der Waals surface area contributed by atoms with E-state index in [1.165, 1.54) is 101 Å². The number of rotatable bonds is 6. The molecule has 0 saturated carbocycles. The lowest BCUT2D eigenvalue weighted by molar-refractivity contribution is 0.533. The van der Waals surface area contributed by atoms with Crippen molar-refractivity contribution in [3.63, 3.8) is 0 Å². The van der Waals surface area contributed by atoms with Gasteiger partial charge in [0.25, 0.3) is 0 Å². The van der Waals surface area contributed by atoms with Crippen molar-refractivity contribution in [1.82, 2.24) is 4.57 Å². The number of hydrogen-bond donors (Lipinski definition) is 0. The largest absolute Gasteiger partial charge is 0.308 e. The lowest BCUT2D eigenvalue weighted by atomic mass is 9.81. The van der Waals surface area contributed by atoms with Crippen molar-refractivity contribution in [2.45, 2.75) is 19.4 Å². The zero-order chi connectivity index (χ0) is 41.6. The Bertz CT molecular complexity index is 3860. The van der Waals surface area contributed by atoms with Crippen LogP contribution in [-0.4, -0.2) is 16.1 Å². The van der Waals surface area contributed by atoms with E-state index in [-0.39, 0.29) is 12.0 Å². The number of nitrogens with zero attached hydrogens (tertiary/aromatic N) is 3. The van der Waals surface area contributed by atoms with Crippen molar-refractivity contribution >= 4 is 107 Å². The number of hydrogen-bond acceptors (Lipinski definition) is 4. The van der Waals surface area contributed by atoms with E-state index in [2.05, 4.69) is 206 Å². The number of amidine groups is 1. The first kappa shape index (κ1) is 36.5. The van der Waals surface area contributed by atoms with Gasteiger partial charge in [-0.05, 0) is 82.4 Å². The van der Waals surface area contributed by atoms with Crippen molar-refractivity contribution in [2.75, 3.05) is 0 Å². The summed E-state index contributed by atoms with van der Waals surface area (Å²) in [6.07, 6.45) is 0.882. The van der Waals surface area contributed by atoms with E-state index in [0.717, 1.165) is 23.5 Å². The molecular weight excluding hydrogens is 803 g/mol. The highest BCUT2D eigenvalue weighted by molar-refractivity contribution is 7.26. The third kappa shape index (κ3) is 5.70. The summed E-state index contributed by atoms with van der Waals surface area (Å²) in [5.74, 6) is 0.829. The molecule has 5 heteroatoms. The Kier molecular flexibility index (Phi) is 8.37. The van der Waals surface area contributed by atoms with Gasteiger partial charge in [-0.3, -0.25) is 4.99 Å². The molecule has 13 rings (SSSR count). The van der Waals surface area contributed by atoms with Gasteiger partial charge in [-0.1, -0.05) is 153 Å². The van der Waals surface area contributed by atoms with Gasteiger partial charge in [-0.2, -0.15) is 0 Å². The molecule has 4 heterocycles. The molecule has 0 radical (unpaired) electrons. The van der Waals surface area contributed by atoms with Crippen LogP contribution in [0.3, 0.4) is 0 Å². The van der Waals surface area contributed by atoms with E-state index in [9.17, 15) is 0 Å². The van der Waals surface area contributed by atoms with Crippen LogP contribution in [0.25, 0.3) is 89.7 Å². The predicted molar refractivity (Wildman–Crippen MR) is 272 cm³/mol. The number of thiophene rings is 2. The molecule has 0 saturated heterocycles. The Morgan fingerprint density at radius 1 is 0.492 bits per heavy atom. The van der Waals surface area contributed by atoms with E-state index in [1.807, 2.05) is 22.7 Å². The molecule has 0 amide bonds. The van der Waals surface area contributed by atoms with Gasteiger partial charge in [-0.25, -0.2) is 4.99 Å². The minimum atomic E-state index is -0.147. The number of aliphatic imine (C=N–C) groups is 2. The normalized spacial score (nSPS) is 15.6. The molecular formula is C58H39N3S2. The molecule has 63 heavy (non-hydrogen) atoms. The van der Waals surface area contributed by atoms with Gasteiger partial charge in [-0.15, -0.1) is 22.7 Å². The van der Waals surface area contributed by atoms with Crippen LogP contribution >= 0.6 is 22.7 Å². The smallest absolute Gasteiger partial charge is 0.156 e. The second kappa shape index (κ2) is 14.5. The van der Waals surface area contributed by atoms with E-state index < -0.39 is 0 Å². The molecule has 0 N–H and O–H groups in total.